The molecule has 2 aromatic carbocycles. The van der Waals surface area contributed by atoms with Gasteiger partial charge in [0.05, 0.1) is 12.7 Å². The molecule has 2 heterocycles. The highest BCUT2D eigenvalue weighted by molar-refractivity contribution is 8.13. The topological polar surface area (TPSA) is 50.7 Å². The first-order chi connectivity index (χ1) is 13.5. The molecule has 1 saturated heterocycles. The van der Waals surface area contributed by atoms with Crippen molar-refractivity contribution in [1.82, 2.24) is 5.32 Å². The van der Waals surface area contributed by atoms with Crippen molar-refractivity contribution in [3.8, 4) is 0 Å². The Morgan fingerprint density at radius 3 is 2.75 bits per heavy atom. The largest absolute Gasteiger partial charge is 0.372 e. The summed E-state index contributed by atoms with van der Waals surface area (Å²) in [4.78, 5) is 17.0. The number of alkyl halides is 1. The second-order valence-corrected chi connectivity index (χ2v) is 7.69. The SMILES string of the molecule is O=C(NC1=NC2(c3cccc(F)c3F)COC(CF)C2CS1)c1ccccc1. The van der Waals surface area contributed by atoms with E-state index < -0.39 is 35.9 Å². The van der Waals surface area contributed by atoms with E-state index in [9.17, 15) is 18.0 Å². The lowest BCUT2D eigenvalue weighted by Crippen LogP contribution is -2.44. The van der Waals surface area contributed by atoms with Crippen molar-refractivity contribution in [2.24, 2.45) is 10.9 Å². The monoisotopic (exact) mass is 406 g/mol. The molecule has 2 aliphatic heterocycles. The van der Waals surface area contributed by atoms with Crippen LogP contribution in [0.1, 0.15) is 15.9 Å². The van der Waals surface area contributed by atoms with Crippen LogP contribution in [0.15, 0.2) is 53.5 Å². The number of benzene rings is 2. The fourth-order valence-electron chi connectivity index (χ4n) is 3.66. The van der Waals surface area contributed by atoms with Crippen LogP contribution in [0.25, 0.3) is 0 Å². The molecule has 1 amide bonds. The van der Waals surface area contributed by atoms with Gasteiger partial charge < -0.3 is 10.1 Å². The number of fused-ring (bicyclic) bond motifs is 1. The first kappa shape index (κ1) is 19.0. The van der Waals surface area contributed by atoms with Crippen LogP contribution in [0.3, 0.4) is 0 Å². The number of amidine groups is 1. The van der Waals surface area contributed by atoms with Gasteiger partial charge in [-0.1, -0.05) is 42.1 Å². The van der Waals surface area contributed by atoms with E-state index in [1.165, 1.54) is 23.9 Å². The molecule has 0 aliphatic carbocycles. The van der Waals surface area contributed by atoms with E-state index >= 15 is 0 Å². The normalized spacial score (nSPS) is 26.5. The minimum Gasteiger partial charge on any atom is -0.372 e. The van der Waals surface area contributed by atoms with Crippen LogP contribution in [0, 0.1) is 17.6 Å². The van der Waals surface area contributed by atoms with Crippen molar-refractivity contribution >= 4 is 22.8 Å². The standard InChI is InChI=1S/C20H17F3N2O2S/c21-9-16-14-10-28-19(24-18(26)12-5-2-1-3-6-12)25-20(14,11-27-16)13-7-4-8-15(22)17(13)23/h1-8,14,16H,9-11H2,(H,24,25,26). The predicted molar refractivity (Wildman–Crippen MR) is 101 cm³/mol. The second kappa shape index (κ2) is 7.60. The number of aliphatic imine (C=N–C) groups is 1. The fourth-order valence-corrected chi connectivity index (χ4v) is 4.88. The van der Waals surface area contributed by atoms with Gasteiger partial charge in [-0.05, 0) is 18.2 Å². The summed E-state index contributed by atoms with van der Waals surface area (Å²) in [5.41, 5.74) is -0.823. The number of carbonyl (C=O) groups is 1. The molecule has 1 N–H and O–H groups in total. The van der Waals surface area contributed by atoms with Gasteiger partial charge >= 0.3 is 0 Å². The van der Waals surface area contributed by atoms with Gasteiger partial charge in [0, 0.05) is 22.8 Å². The summed E-state index contributed by atoms with van der Waals surface area (Å²) < 4.78 is 47.5. The molecular weight excluding hydrogens is 389 g/mol. The highest BCUT2D eigenvalue weighted by atomic mass is 32.2. The van der Waals surface area contributed by atoms with Crippen LogP contribution in [0.4, 0.5) is 13.2 Å². The van der Waals surface area contributed by atoms with Gasteiger partial charge in [-0.25, -0.2) is 18.2 Å². The molecule has 0 radical (unpaired) electrons. The number of amides is 1. The third-order valence-electron chi connectivity index (χ3n) is 5.11. The smallest absolute Gasteiger partial charge is 0.257 e. The Morgan fingerprint density at radius 2 is 2.00 bits per heavy atom. The number of thioether (sulfide) groups is 1. The van der Waals surface area contributed by atoms with E-state index in [0.717, 1.165) is 6.07 Å². The van der Waals surface area contributed by atoms with Crippen LogP contribution >= 0.6 is 11.8 Å². The van der Waals surface area contributed by atoms with Crippen molar-refractivity contribution in [2.75, 3.05) is 19.0 Å². The summed E-state index contributed by atoms with van der Waals surface area (Å²) in [5.74, 6) is -2.51. The van der Waals surface area contributed by atoms with E-state index in [-0.39, 0.29) is 23.2 Å². The molecule has 1 fully saturated rings. The molecule has 8 heteroatoms. The molecule has 4 rings (SSSR count). The Balaban J connectivity index is 1.73. The molecule has 3 atom stereocenters. The Bertz CT molecular complexity index is 925. The minimum absolute atomic E-state index is 0.0141. The van der Waals surface area contributed by atoms with Crippen molar-refractivity contribution in [2.45, 2.75) is 11.6 Å². The van der Waals surface area contributed by atoms with Gasteiger partial charge in [0.1, 0.15) is 12.2 Å². The Kier molecular flexibility index (Phi) is 5.16. The summed E-state index contributed by atoms with van der Waals surface area (Å²) >= 11 is 1.24. The Labute approximate surface area is 164 Å². The van der Waals surface area contributed by atoms with Gasteiger partial charge in [-0.15, -0.1) is 0 Å². The zero-order valence-electron chi connectivity index (χ0n) is 14.7. The number of hydrogen-bond donors (Lipinski definition) is 1. The second-order valence-electron chi connectivity index (χ2n) is 6.68. The molecule has 146 valence electrons. The molecule has 3 unspecified atom stereocenters. The number of rotatable bonds is 3. The molecule has 28 heavy (non-hydrogen) atoms. The van der Waals surface area contributed by atoms with Crippen molar-refractivity contribution < 1.29 is 22.7 Å². The van der Waals surface area contributed by atoms with Crippen LogP contribution in [-0.4, -0.2) is 36.2 Å². The Hall–Kier alpha value is -2.32. The number of ether oxygens (including phenoxy) is 1. The number of carbonyl (C=O) groups excluding carboxylic acids is 1. The van der Waals surface area contributed by atoms with E-state index in [1.54, 1.807) is 30.3 Å². The highest BCUT2D eigenvalue weighted by Crippen LogP contribution is 2.48. The molecule has 4 nitrogen and oxygen atoms in total. The molecule has 2 aliphatic rings. The zero-order chi connectivity index (χ0) is 19.7. The lowest BCUT2D eigenvalue weighted by Gasteiger charge is -2.36. The van der Waals surface area contributed by atoms with Crippen molar-refractivity contribution in [3.63, 3.8) is 0 Å². The lowest BCUT2D eigenvalue weighted by molar-refractivity contribution is 0.0720. The molecule has 0 aromatic heterocycles. The third kappa shape index (κ3) is 3.20. The van der Waals surface area contributed by atoms with E-state index in [1.807, 2.05) is 0 Å². The van der Waals surface area contributed by atoms with Crippen LogP contribution < -0.4 is 5.32 Å². The molecular formula is C20H17F3N2O2S. The fraction of sp³-hybridized carbons (Fsp3) is 0.300. The van der Waals surface area contributed by atoms with Crippen LogP contribution in [0.2, 0.25) is 0 Å². The first-order valence-corrected chi connectivity index (χ1v) is 9.75. The minimum atomic E-state index is -1.28. The summed E-state index contributed by atoms with van der Waals surface area (Å²) in [6, 6.07) is 12.4. The quantitative estimate of drug-likeness (QED) is 0.846. The van der Waals surface area contributed by atoms with E-state index in [4.69, 9.17) is 4.74 Å². The molecule has 0 saturated carbocycles. The van der Waals surface area contributed by atoms with Crippen LogP contribution in [-0.2, 0) is 10.3 Å². The predicted octanol–water partition coefficient (Wildman–Crippen LogP) is 3.68. The summed E-state index contributed by atoms with van der Waals surface area (Å²) in [5, 5.41) is 2.99. The maximum Gasteiger partial charge on any atom is 0.257 e. The number of hydrogen-bond acceptors (Lipinski definition) is 4. The Morgan fingerprint density at radius 1 is 1.21 bits per heavy atom. The van der Waals surface area contributed by atoms with Gasteiger partial charge in [-0.3, -0.25) is 4.79 Å². The summed E-state index contributed by atoms with van der Waals surface area (Å²) in [7, 11) is 0. The van der Waals surface area contributed by atoms with Gasteiger partial charge in [-0.2, -0.15) is 0 Å². The van der Waals surface area contributed by atoms with Crippen LogP contribution in [0.5, 0.6) is 0 Å². The first-order valence-electron chi connectivity index (χ1n) is 8.76. The number of halogens is 3. The van der Waals surface area contributed by atoms with Gasteiger partial charge in [0.25, 0.3) is 5.91 Å². The number of nitrogens with one attached hydrogen (secondary N) is 1. The highest BCUT2D eigenvalue weighted by Gasteiger charge is 2.54. The van der Waals surface area contributed by atoms with Gasteiger partial charge in [0.2, 0.25) is 0 Å². The summed E-state index contributed by atoms with van der Waals surface area (Å²) in [6.07, 6.45) is -0.759. The number of nitrogens with zero attached hydrogens (tertiary/aromatic N) is 1. The third-order valence-corrected chi connectivity index (χ3v) is 6.10. The molecule has 2 aromatic rings. The maximum atomic E-state index is 14.6. The average Bonchev–Trinajstić information content (AvgIpc) is 3.09. The van der Waals surface area contributed by atoms with E-state index in [0.29, 0.717) is 11.3 Å². The summed E-state index contributed by atoms with van der Waals surface area (Å²) in [6.45, 7) is -0.830. The maximum absolute atomic E-state index is 14.6. The molecule has 0 bridgehead atoms. The van der Waals surface area contributed by atoms with E-state index in [2.05, 4.69) is 10.3 Å². The molecule has 0 spiro atoms. The lowest BCUT2D eigenvalue weighted by atomic mass is 9.79. The average molecular weight is 406 g/mol. The zero-order valence-corrected chi connectivity index (χ0v) is 15.5. The van der Waals surface area contributed by atoms with Gasteiger partial charge in [0.15, 0.2) is 16.8 Å². The van der Waals surface area contributed by atoms with Crippen molar-refractivity contribution in [1.29, 1.82) is 0 Å². The van der Waals surface area contributed by atoms with Crippen molar-refractivity contribution in [3.05, 3.63) is 71.3 Å².